The van der Waals surface area contributed by atoms with E-state index in [0.29, 0.717) is 31.2 Å². The first-order valence-corrected chi connectivity index (χ1v) is 12.8. The summed E-state index contributed by atoms with van der Waals surface area (Å²) in [7, 11) is 3.00. The highest BCUT2D eigenvalue weighted by atomic mass is 35.5. The molecular formula is C31H36ClN3O4. The second-order valence-electron chi connectivity index (χ2n) is 9.79. The van der Waals surface area contributed by atoms with Crippen molar-refractivity contribution in [1.29, 1.82) is 0 Å². The highest BCUT2D eigenvalue weighted by molar-refractivity contribution is 6.04. The molecule has 2 N–H and O–H groups in total. The van der Waals surface area contributed by atoms with Gasteiger partial charge in [-0.25, -0.2) is 0 Å². The number of amidine groups is 1. The Morgan fingerprint density at radius 3 is 2.23 bits per heavy atom. The number of hydrogen-bond donors (Lipinski definition) is 1. The predicted molar refractivity (Wildman–Crippen MR) is 156 cm³/mol. The van der Waals surface area contributed by atoms with Crippen molar-refractivity contribution >= 4 is 30.1 Å². The zero-order valence-corrected chi connectivity index (χ0v) is 23.4. The van der Waals surface area contributed by atoms with Gasteiger partial charge in [-0.05, 0) is 55.0 Å². The minimum Gasteiger partial charge on any atom is -0.491 e. The van der Waals surface area contributed by atoms with Crippen LogP contribution in [0.5, 0.6) is 5.75 Å². The van der Waals surface area contributed by atoms with Crippen LogP contribution in [0.25, 0.3) is 11.1 Å². The Morgan fingerprint density at radius 2 is 1.64 bits per heavy atom. The lowest BCUT2D eigenvalue weighted by Crippen LogP contribution is -2.41. The Bertz CT molecular complexity index is 1280. The fourth-order valence-corrected chi connectivity index (χ4v) is 4.98. The summed E-state index contributed by atoms with van der Waals surface area (Å²) in [5.41, 5.74) is 8.90. The minimum absolute atomic E-state index is 0. The van der Waals surface area contributed by atoms with Gasteiger partial charge in [-0.2, -0.15) is 0 Å². The number of likely N-dealkylation sites (tertiary alicyclic amines) is 1. The first-order chi connectivity index (χ1) is 18.4. The van der Waals surface area contributed by atoms with Crippen molar-refractivity contribution in [2.24, 2.45) is 16.1 Å². The Kier molecular flexibility index (Phi) is 10.1. The van der Waals surface area contributed by atoms with Gasteiger partial charge in [0.25, 0.3) is 0 Å². The Labute approximate surface area is 236 Å². The number of nitrogens with two attached hydrogens (primary N) is 1. The summed E-state index contributed by atoms with van der Waals surface area (Å²) in [6, 6.07) is 25.7. The molecule has 1 amide bonds. The molecule has 1 fully saturated rings. The van der Waals surface area contributed by atoms with Crippen molar-refractivity contribution in [3.05, 3.63) is 90.0 Å². The van der Waals surface area contributed by atoms with Crippen LogP contribution in [0.15, 0.2) is 83.9 Å². The van der Waals surface area contributed by atoms with Crippen molar-refractivity contribution in [2.75, 3.05) is 27.3 Å². The lowest BCUT2D eigenvalue weighted by molar-refractivity contribution is -0.157. The van der Waals surface area contributed by atoms with Gasteiger partial charge in [-0.3, -0.25) is 14.6 Å². The molecule has 1 aliphatic heterocycles. The highest BCUT2D eigenvalue weighted by Crippen LogP contribution is 2.37. The summed E-state index contributed by atoms with van der Waals surface area (Å²) in [5, 5.41) is 0. The third-order valence-electron chi connectivity index (χ3n) is 7.21. The van der Waals surface area contributed by atoms with Gasteiger partial charge >= 0.3 is 5.97 Å². The molecule has 8 heteroatoms. The standard InChI is InChI=1S/C31H35N3O4.ClH/c1-31(30(36)37-3)20-26(34(29(31)35)19-7-10-22-8-5-4-6-9-22)21-38-27-17-15-24(16-18-27)23-11-13-25(14-12-23)28(32)33-2;/h4-6,8-9,11-18,26H,7,10,19-21H2,1-3H3,(H2,32,33);1H/t26-,31-;/m0./s1. The molecule has 0 unspecified atom stereocenters. The molecule has 0 aliphatic carbocycles. The summed E-state index contributed by atoms with van der Waals surface area (Å²) in [6.07, 6.45) is 2.01. The number of esters is 1. The average Bonchev–Trinajstić information content (AvgIpc) is 3.21. The van der Waals surface area contributed by atoms with Gasteiger partial charge < -0.3 is 20.1 Å². The maximum atomic E-state index is 13.3. The summed E-state index contributed by atoms with van der Waals surface area (Å²) in [4.78, 5) is 31.7. The number of ether oxygens (including phenoxy) is 2. The van der Waals surface area contributed by atoms with Crippen LogP contribution in [-0.2, 0) is 20.7 Å². The summed E-state index contributed by atoms with van der Waals surface area (Å²) in [5.74, 6) is 0.512. The number of methoxy groups -OCH3 is 1. The second-order valence-corrected chi connectivity index (χ2v) is 9.79. The van der Waals surface area contributed by atoms with Crippen molar-refractivity contribution < 1.29 is 19.1 Å². The van der Waals surface area contributed by atoms with E-state index in [1.54, 1.807) is 18.9 Å². The zero-order chi connectivity index (χ0) is 27.1. The fraction of sp³-hybridized carbons (Fsp3) is 0.323. The Morgan fingerprint density at radius 1 is 1.03 bits per heavy atom. The van der Waals surface area contributed by atoms with Crippen LogP contribution in [0, 0.1) is 5.41 Å². The molecule has 1 saturated heterocycles. The molecule has 7 nitrogen and oxygen atoms in total. The summed E-state index contributed by atoms with van der Waals surface area (Å²) >= 11 is 0. The maximum absolute atomic E-state index is 13.3. The number of carbonyl (C=O) groups is 2. The van der Waals surface area contributed by atoms with Crippen molar-refractivity contribution in [3.8, 4) is 16.9 Å². The van der Waals surface area contributed by atoms with E-state index in [-0.39, 0.29) is 24.4 Å². The van der Waals surface area contributed by atoms with E-state index in [1.165, 1.54) is 12.7 Å². The molecule has 0 saturated carbocycles. The van der Waals surface area contributed by atoms with Gasteiger partial charge in [0.15, 0.2) is 0 Å². The molecule has 1 heterocycles. The maximum Gasteiger partial charge on any atom is 0.321 e. The van der Waals surface area contributed by atoms with Crippen LogP contribution in [0.2, 0.25) is 0 Å². The fourth-order valence-electron chi connectivity index (χ4n) is 4.98. The number of aryl methyl sites for hydroxylation is 1. The monoisotopic (exact) mass is 549 g/mol. The van der Waals surface area contributed by atoms with Crippen LogP contribution in [0.3, 0.4) is 0 Å². The molecule has 0 bridgehead atoms. The molecular weight excluding hydrogens is 514 g/mol. The summed E-state index contributed by atoms with van der Waals surface area (Å²) in [6.45, 7) is 2.52. The quantitative estimate of drug-likeness (QED) is 0.168. The van der Waals surface area contributed by atoms with Gasteiger partial charge in [0, 0.05) is 19.2 Å². The van der Waals surface area contributed by atoms with Crippen molar-refractivity contribution in [2.45, 2.75) is 32.2 Å². The molecule has 0 radical (unpaired) electrons. The molecule has 3 aromatic rings. The summed E-state index contributed by atoms with van der Waals surface area (Å²) < 4.78 is 11.1. The first-order valence-electron chi connectivity index (χ1n) is 12.8. The van der Waals surface area contributed by atoms with Gasteiger partial charge in [-0.1, -0.05) is 66.7 Å². The third-order valence-corrected chi connectivity index (χ3v) is 7.21. The number of nitrogens with zero attached hydrogens (tertiary/aromatic N) is 2. The minimum atomic E-state index is -1.20. The van der Waals surface area contributed by atoms with Crippen LogP contribution in [0.1, 0.15) is 30.9 Å². The van der Waals surface area contributed by atoms with Crippen LogP contribution < -0.4 is 10.5 Å². The lowest BCUT2D eigenvalue weighted by atomic mass is 9.87. The van der Waals surface area contributed by atoms with Crippen LogP contribution in [0.4, 0.5) is 0 Å². The van der Waals surface area contributed by atoms with E-state index in [9.17, 15) is 9.59 Å². The van der Waals surface area contributed by atoms with Crippen LogP contribution in [-0.4, -0.2) is 56.0 Å². The average molecular weight is 550 g/mol. The van der Waals surface area contributed by atoms with Gasteiger partial charge in [0.1, 0.15) is 23.6 Å². The number of aliphatic imine (C=N–C) groups is 1. The van der Waals surface area contributed by atoms with E-state index in [4.69, 9.17) is 15.2 Å². The third kappa shape index (κ3) is 6.79. The second kappa shape index (κ2) is 13.3. The molecule has 39 heavy (non-hydrogen) atoms. The van der Waals surface area contributed by atoms with Crippen LogP contribution >= 0.6 is 12.4 Å². The molecule has 0 spiro atoms. The lowest BCUT2D eigenvalue weighted by Gasteiger charge is -2.25. The van der Waals surface area contributed by atoms with Gasteiger partial charge in [-0.15, -0.1) is 12.4 Å². The van der Waals surface area contributed by atoms with E-state index in [1.807, 2.05) is 66.7 Å². The number of carbonyl (C=O) groups excluding carboxylic acids is 2. The number of halogens is 1. The van der Waals surface area contributed by atoms with E-state index < -0.39 is 11.4 Å². The number of amides is 1. The normalized spacial score (nSPS) is 18.9. The number of hydrogen-bond acceptors (Lipinski definition) is 5. The SMILES string of the molecule is CN=C(N)c1ccc(-c2ccc(OC[C@@H]3C[C@](C)(C(=O)OC)C(=O)N3CCCc3ccccc3)cc2)cc1.Cl. The Hall–Kier alpha value is -3.84. The molecule has 3 aromatic carbocycles. The van der Waals surface area contributed by atoms with E-state index in [0.717, 1.165) is 29.5 Å². The predicted octanol–water partition coefficient (Wildman–Crippen LogP) is 4.90. The zero-order valence-electron chi connectivity index (χ0n) is 22.6. The Balaban J connectivity index is 0.00000420. The topological polar surface area (TPSA) is 94.2 Å². The van der Waals surface area contributed by atoms with E-state index >= 15 is 0 Å². The van der Waals surface area contributed by atoms with Gasteiger partial charge in [0.05, 0.1) is 13.2 Å². The number of rotatable bonds is 10. The molecule has 4 rings (SSSR count). The molecule has 2 atom stereocenters. The first kappa shape index (κ1) is 29.7. The molecule has 0 aromatic heterocycles. The van der Waals surface area contributed by atoms with Gasteiger partial charge in [0.2, 0.25) is 5.91 Å². The highest BCUT2D eigenvalue weighted by Gasteiger charge is 2.54. The largest absolute Gasteiger partial charge is 0.491 e. The molecule has 206 valence electrons. The molecule has 1 aliphatic rings. The van der Waals surface area contributed by atoms with Crippen molar-refractivity contribution in [3.63, 3.8) is 0 Å². The van der Waals surface area contributed by atoms with E-state index in [2.05, 4.69) is 17.1 Å². The number of benzene rings is 3. The smallest absolute Gasteiger partial charge is 0.321 e. The van der Waals surface area contributed by atoms with Crippen molar-refractivity contribution in [1.82, 2.24) is 4.90 Å².